The van der Waals surface area contributed by atoms with E-state index in [1.165, 1.54) is 4.90 Å². The Morgan fingerprint density at radius 3 is 2.83 bits per heavy atom. The molecule has 0 fully saturated rings. The first-order chi connectivity index (χ1) is 8.79. The van der Waals surface area contributed by atoms with Gasteiger partial charge in [0, 0.05) is 10.6 Å². The number of thioether (sulfide) groups is 1. The van der Waals surface area contributed by atoms with E-state index in [0.717, 1.165) is 30.3 Å². The molecule has 1 atom stereocenters. The molecule has 2 rings (SSSR count). The number of hydrogen-bond acceptors (Lipinski definition) is 4. The third-order valence-corrected chi connectivity index (χ3v) is 4.11. The molecule has 0 bridgehead atoms. The average Bonchev–Trinajstić information content (AvgIpc) is 2.42. The Labute approximate surface area is 113 Å². The van der Waals surface area contributed by atoms with E-state index in [4.69, 9.17) is 9.47 Å². The van der Waals surface area contributed by atoms with Crippen LogP contribution in [0, 0.1) is 5.92 Å². The summed E-state index contributed by atoms with van der Waals surface area (Å²) in [5, 5.41) is 3.38. The largest absolute Gasteiger partial charge is 0.486 e. The molecule has 0 spiro atoms. The topological polar surface area (TPSA) is 30.5 Å². The van der Waals surface area contributed by atoms with Crippen molar-refractivity contribution in [3.05, 3.63) is 18.2 Å². The van der Waals surface area contributed by atoms with Gasteiger partial charge in [-0.05, 0) is 37.2 Å². The highest BCUT2D eigenvalue weighted by atomic mass is 32.2. The molecule has 1 aromatic carbocycles. The van der Waals surface area contributed by atoms with Crippen LogP contribution in [0.3, 0.4) is 0 Å². The van der Waals surface area contributed by atoms with Crippen molar-refractivity contribution < 1.29 is 9.47 Å². The molecule has 0 radical (unpaired) electrons. The number of ether oxygens (including phenoxy) is 2. The van der Waals surface area contributed by atoms with Gasteiger partial charge in [0.25, 0.3) is 0 Å². The third-order valence-electron chi connectivity index (χ3n) is 2.79. The Hall–Kier alpha value is -0.870. The predicted molar refractivity (Wildman–Crippen MR) is 75.9 cm³/mol. The SMILES string of the molecule is CCNCC(C)CSc1ccc2c(c1)OCCO2. The number of rotatable bonds is 6. The maximum Gasteiger partial charge on any atom is 0.162 e. The standard InChI is InChI=1S/C14H21NO2S/c1-3-15-9-11(2)10-18-12-4-5-13-14(8-12)17-7-6-16-13/h4-5,8,11,15H,3,6-7,9-10H2,1-2H3. The highest BCUT2D eigenvalue weighted by molar-refractivity contribution is 7.99. The minimum atomic E-state index is 0.651. The van der Waals surface area contributed by atoms with Crippen molar-refractivity contribution in [1.29, 1.82) is 0 Å². The van der Waals surface area contributed by atoms with Crippen LogP contribution in [0.2, 0.25) is 0 Å². The second kappa shape index (κ2) is 6.90. The summed E-state index contributed by atoms with van der Waals surface area (Å²) in [6.07, 6.45) is 0. The number of fused-ring (bicyclic) bond motifs is 1. The van der Waals surface area contributed by atoms with Crippen LogP contribution >= 0.6 is 11.8 Å². The minimum absolute atomic E-state index is 0.651. The molecule has 1 aliphatic heterocycles. The zero-order valence-electron chi connectivity index (χ0n) is 11.1. The quantitative estimate of drug-likeness (QED) is 0.803. The van der Waals surface area contributed by atoms with Crippen LogP contribution in [0.5, 0.6) is 11.5 Å². The Balaban J connectivity index is 1.86. The number of benzene rings is 1. The summed E-state index contributed by atoms with van der Waals surface area (Å²) in [6, 6.07) is 6.20. The van der Waals surface area contributed by atoms with E-state index < -0.39 is 0 Å². The molecule has 4 heteroatoms. The molecule has 1 N–H and O–H groups in total. The summed E-state index contributed by atoms with van der Waals surface area (Å²) < 4.78 is 11.1. The van der Waals surface area contributed by atoms with Crippen molar-refractivity contribution >= 4 is 11.8 Å². The fourth-order valence-electron chi connectivity index (χ4n) is 1.80. The van der Waals surface area contributed by atoms with Gasteiger partial charge in [-0.1, -0.05) is 13.8 Å². The summed E-state index contributed by atoms with van der Waals surface area (Å²) in [5.74, 6) is 3.53. The molecular formula is C14H21NO2S. The van der Waals surface area contributed by atoms with Gasteiger partial charge in [-0.15, -0.1) is 11.8 Å². The fourth-order valence-corrected chi connectivity index (χ4v) is 2.75. The van der Waals surface area contributed by atoms with E-state index in [1.807, 2.05) is 17.8 Å². The zero-order chi connectivity index (χ0) is 12.8. The third kappa shape index (κ3) is 3.82. The molecule has 1 unspecified atom stereocenters. The highest BCUT2D eigenvalue weighted by Gasteiger charge is 2.12. The van der Waals surface area contributed by atoms with Crippen LogP contribution < -0.4 is 14.8 Å². The first-order valence-corrected chi connectivity index (χ1v) is 7.51. The van der Waals surface area contributed by atoms with Gasteiger partial charge in [0.05, 0.1) is 0 Å². The van der Waals surface area contributed by atoms with Gasteiger partial charge < -0.3 is 14.8 Å². The summed E-state index contributed by atoms with van der Waals surface area (Å²) in [6.45, 7) is 7.83. The number of nitrogens with one attached hydrogen (secondary N) is 1. The van der Waals surface area contributed by atoms with Crippen LogP contribution in [-0.4, -0.2) is 32.1 Å². The lowest BCUT2D eigenvalue weighted by atomic mass is 10.2. The van der Waals surface area contributed by atoms with E-state index in [-0.39, 0.29) is 0 Å². The summed E-state index contributed by atoms with van der Waals surface area (Å²) in [5.41, 5.74) is 0. The van der Waals surface area contributed by atoms with Crippen LogP contribution in [0.4, 0.5) is 0 Å². The van der Waals surface area contributed by atoms with Crippen LogP contribution in [-0.2, 0) is 0 Å². The smallest absolute Gasteiger partial charge is 0.162 e. The summed E-state index contributed by atoms with van der Waals surface area (Å²) in [4.78, 5) is 1.25. The lowest BCUT2D eigenvalue weighted by Gasteiger charge is -2.19. The second-order valence-corrected chi connectivity index (χ2v) is 5.62. The van der Waals surface area contributed by atoms with E-state index >= 15 is 0 Å². The van der Waals surface area contributed by atoms with E-state index in [1.54, 1.807) is 0 Å². The molecule has 1 heterocycles. The molecular weight excluding hydrogens is 246 g/mol. The molecule has 0 amide bonds. The molecule has 0 saturated heterocycles. The fraction of sp³-hybridized carbons (Fsp3) is 0.571. The molecule has 1 aromatic rings. The van der Waals surface area contributed by atoms with Crippen molar-refractivity contribution in [1.82, 2.24) is 5.32 Å². The Morgan fingerprint density at radius 1 is 1.28 bits per heavy atom. The van der Waals surface area contributed by atoms with Crippen molar-refractivity contribution in [3.63, 3.8) is 0 Å². The molecule has 1 aliphatic rings. The van der Waals surface area contributed by atoms with Gasteiger partial charge in [0.2, 0.25) is 0 Å². The molecule has 18 heavy (non-hydrogen) atoms. The summed E-state index contributed by atoms with van der Waals surface area (Å²) in [7, 11) is 0. The summed E-state index contributed by atoms with van der Waals surface area (Å²) >= 11 is 1.88. The van der Waals surface area contributed by atoms with Crippen molar-refractivity contribution in [2.24, 2.45) is 5.92 Å². The molecule has 0 saturated carbocycles. The Bertz CT molecular complexity index is 384. The van der Waals surface area contributed by atoms with Crippen LogP contribution in [0.25, 0.3) is 0 Å². The van der Waals surface area contributed by atoms with Gasteiger partial charge in [-0.25, -0.2) is 0 Å². The predicted octanol–water partition coefficient (Wildman–Crippen LogP) is 2.80. The van der Waals surface area contributed by atoms with Gasteiger partial charge >= 0.3 is 0 Å². The van der Waals surface area contributed by atoms with E-state index in [0.29, 0.717) is 19.1 Å². The first kappa shape index (κ1) is 13.6. The number of hydrogen-bond donors (Lipinski definition) is 1. The van der Waals surface area contributed by atoms with Crippen LogP contribution in [0.1, 0.15) is 13.8 Å². The van der Waals surface area contributed by atoms with Crippen molar-refractivity contribution in [2.45, 2.75) is 18.7 Å². The maximum atomic E-state index is 5.59. The average molecular weight is 267 g/mol. The molecule has 0 aromatic heterocycles. The van der Waals surface area contributed by atoms with Crippen LogP contribution in [0.15, 0.2) is 23.1 Å². The monoisotopic (exact) mass is 267 g/mol. The maximum absolute atomic E-state index is 5.59. The van der Waals surface area contributed by atoms with Gasteiger partial charge in [0.15, 0.2) is 11.5 Å². The van der Waals surface area contributed by atoms with Crippen molar-refractivity contribution in [3.8, 4) is 11.5 Å². The molecule has 100 valence electrons. The van der Waals surface area contributed by atoms with E-state index in [9.17, 15) is 0 Å². The minimum Gasteiger partial charge on any atom is -0.486 e. The molecule has 3 nitrogen and oxygen atoms in total. The lowest BCUT2D eigenvalue weighted by molar-refractivity contribution is 0.171. The van der Waals surface area contributed by atoms with Gasteiger partial charge in [-0.3, -0.25) is 0 Å². The second-order valence-electron chi connectivity index (χ2n) is 4.53. The van der Waals surface area contributed by atoms with Gasteiger partial charge in [-0.2, -0.15) is 0 Å². The highest BCUT2D eigenvalue weighted by Crippen LogP contribution is 2.34. The molecule has 0 aliphatic carbocycles. The first-order valence-electron chi connectivity index (χ1n) is 6.52. The Kier molecular flexibility index (Phi) is 5.20. The zero-order valence-corrected chi connectivity index (χ0v) is 11.9. The Morgan fingerprint density at radius 2 is 2.06 bits per heavy atom. The van der Waals surface area contributed by atoms with Crippen molar-refractivity contribution in [2.75, 3.05) is 32.1 Å². The van der Waals surface area contributed by atoms with E-state index in [2.05, 4.69) is 31.3 Å². The van der Waals surface area contributed by atoms with Gasteiger partial charge in [0.1, 0.15) is 13.2 Å². The lowest BCUT2D eigenvalue weighted by Crippen LogP contribution is -2.21. The normalized spacial score (nSPS) is 15.4.